The molecule has 1 aromatic heterocycles. The highest BCUT2D eigenvalue weighted by Crippen LogP contribution is 2.29. The zero-order valence-corrected chi connectivity index (χ0v) is 17.9. The van der Waals surface area contributed by atoms with Gasteiger partial charge in [0.15, 0.2) is 0 Å². The molecule has 3 aromatic rings. The van der Waals surface area contributed by atoms with Crippen LogP contribution in [0.15, 0.2) is 47.3 Å². The summed E-state index contributed by atoms with van der Waals surface area (Å²) in [6, 6.07) is 7.94. The zero-order chi connectivity index (χ0) is 24.6. The normalized spacial score (nSPS) is 16.4. The number of alkyl halides is 3. The van der Waals surface area contributed by atoms with Gasteiger partial charge in [0.05, 0.1) is 16.5 Å². The van der Waals surface area contributed by atoms with E-state index in [0.717, 1.165) is 18.2 Å². The van der Waals surface area contributed by atoms with E-state index >= 15 is 0 Å². The molecule has 0 spiro atoms. The first-order chi connectivity index (χ1) is 16.0. The minimum absolute atomic E-state index is 0.0449. The summed E-state index contributed by atoms with van der Waals surface area (Å²) >= 11 is 0. The summed E-state index contributed by atoms with van der Waals surface area (Å²) in [5.74, 6) is -1.36. The van der Waals surface area contributed by atoms with E-state index in [4.69, 9.17) is 0 Å². The standard InChI is InChI=1S/C23H19F3N4O4/c1-12-28-17-6-5-13(11-27-20(32)14-3-2-4-15(10-14)23(24,25)26)9-16(17)22(34)30(12)18-7-8-19(31)29-21(18)33/h2-6,9-10,18H,7-8,11H2,1H3,(H,27,32)(H,29,31,33). The van der Waals surface area contributed by atoms with Crippen molar-refractivity contribution in [3.8, 4) is 0 Å². The quantitative estimate of drug-likeness (QED) is 0.568. The van der Waals surface area contributed by atoms with Crippen molar-refractivity contribution in [2.75, 3.05) is 0 Å². The Kier molecular flexibility index (Phi) is 5.94. The van der Waals surface area contributed by atoms with Gasteiger partial charge in [-0.1, -0.05) is 12.1 Å². The van der Waals surface area contributed by atoms with Crippen molar-refractivity contribution in [3.63, 3.8) is 0 Å². The van der Waals surface area contributed by atoms with Gasteiger partial charge in [-0.15, -0.1) is 0 Å². The number of hydrogen-bond acceptors (Lipinski definition) is 5. The largest absolute Gasteiger partial charge is 0.416 e. The second-order valence-electron chi connectivity index (χ2n) is 7.91. The minimum Gasteiger partial charge on any atom is -0.348 e. The molecule has 0 bridgehead atoms. The monoisotopic (exact) mass is 472 g/mol. The van der Waals surface area contributed by atoms with E-state index in [2.05, 4.69) is 15.6 Å². The van der Waals surface area contributed by atoms with Crippen LogP contribution in [0.1, 0.15) is 46.2 Å². The molecule has 1 aliphatic heterocycles. The van der Waals surface area contributed by atoms with Gasteiger partial charge < -0.3 is 5.32 Å². The van der Waals surface area contributed by atoms with Gasteiger partial charge in [-0.3, -0.25) is 29.1 Å². The van der Waals surface area contributed by atoms with E-state index in [1.807, 2.05) is 0 Å². The number of aryl methyl sites for hydroxylation is 1. The molecule has 176 valence electrons. The van der Waals surface area contributed by atoms with Gasteiger partial charge in [0.25, 0.3) is 11.5 Å². The molecule has 34 heavy (non-hydrogen) atoms. The number of amides is 3. The number of nitrogens with zero attached hydrogens (tertiary/aromatic N) is 2. The summed E-state index contributed by atoms with van der Waals surface area (Å²) in [6.45, 7) is 1.55. The number of rotatable bonds is 4. The molecule has 4 rings (SSSR count). The topological polar surface area (TPSA) is 110 Å². The molecule has 2 aromatic carbocycles. The number of fused-ring (bicyclic) bond motifs is 1. The zero-order valence-electron chi connectivity index (χ0n) is 17.9. The summed E-state index contributed by atoms with van der Waals surface area (Å²) in [5, 5.41) is 4.97. The Morgan fingerprint density at radius 1 is 1.18 bits per heavy atom. The van der Waals surface area contributed by atoms with Crippen LogP contribution in [0.5, 0.6) is 0 Å². The molecule has 0 aliphatic carbocycles. The lowest BCUT2D eigenvalue weighted by atomic mass is 10.0. The Morgan fingerprint density at radius 3 is 2.65 bits per heavy atom. The molecule has 11 heteroatoms. The molecule has 2 heterocycles. The fraction of sp³-hybridized carbons (Fsp3) is 0.261. The van der Waals surface area contributed by atoms with Crippen LogP contribution >= 0.6 is 0 Å². The molecular formula is C23H19F3N4O4. The average Bonchev–Trinajstić information content (AvgIpc) is 2.78. The number of nitrogens with one attached hydrogen (secondary N) is 2. The van der Waals surface area contributed by atoms with Crippen molar-refractivity contribution in [2.24, 2.45) is 0 Å². The maximum absolute atomic E-state index is 13.2. The highest BCUT2D eigenvalue weighted by atomic mass is 19.4. The van der Waals surface area contributed by atoms with Crippen molar-refractivity contribution in [1.82, 2.24) is 20.2 Å². The Morgan fingerprint density at radius 2 is 1.94 bits per heavy atom. The second-order valence-corrected chi connectivity index (χ2v) is 7.91. The lowest BCUT2D eigenvalue weighted by molar-refractivity contribution is -0.138. The fourth-order valence-corrected chi connectivity index (χ4v) is 3.88. The van der Waals surface area contributed by atoms with Crippen LogP contribution in [0, 0.1) is 6.92 Å². The smallest absolute Gasteiger partial charge is 0.348 e. The highest BCUT2D eigenvalue weighted by molar-refractivity contribution is 5.99. The first-order valence-corrected chi connectivity index (χ1v) is 10.4. The van der Waals surface area contributed by atoms with Crippen molar-refractivity contribution < 1.29 is 27.6 Å². The number of carbonyl (C=O) groups excluding carboxylic acids is 3. The Balaban J connectivity index is 1.59. The molecule has 1 saturated heterocycles. The SMILES string of the molecule is Cc1nc2ccc(CNC(=O)c3cccc(C(F)(F)F)c3)cc2c(=O)n1C1CCC(=O)NC1=O. The Labute approximate surface area is 190 Å². The summed E-state index contributed by atoms with van der Waals surface area (Å²) in [4.78, 5) is 53.7. The van der Waals surface area contributed by atoms with Crippen LogP contribution < -0.4 is 16.2 Å². The predicted octanol–water partition coefficient (Wildman–Crippen LogP) is 2.63. The molecule has 1 unspecified atom stereocenters. The van der Waals surface area contributed by atoms with E-state index in [-0.39, 0.29) is 30.3 Å². The number of benzene rings is 2. The molecule has 8 nitrogen and oxygen atoms in total. The highest BCUT2D eigenvalue weighted by Gasteiger charge is 2.31. The molecule has 1 aliphatic rings. The van der Waals surface area contributed by atoms with Gasteiger partial charge >= 0.3 is 6.18 Å². The Bertz CT molecular complexity index is 1380. The molecule has 3 amide bonds. The number of carbonyl (C=O) groups is 3. The molecule has 2 N–H and O–H groups in total. The summed E-state index contributed by atoms with van der Waals surface area (Å²) in [6.07, 6.45) is -4.30. The molecule has 1 atom stereocenters. The van der Waals surface area contributed by atoms with Crippen molar-refractivity contribution >= 4 is 28.6 Å². The first-order valence-electron chi connectivity index (χ1n) is 10.4. The van der Waals surface area contributed by atoms with Crippen LogP contribution in [0.3, 0.4) is 0 Å². The van der Waals surface area contributed by atoms with Crippen LogP contribution in [-0.4, -0.2) is 27.3 Å². The van der Waals surface area contributed by atoms with Crippen LogP contribution in [0.25, 0.3) is 10.9 Å². The van der Waals surface area contributed by atoms with Gasteiger partial charge in [0, 0.05) is 18.5 Å². The van der Waals surface area contributed by atoms with E-state index in [9.17, 15) is 32.3 Å². The van der Waals surface area contributed by atoms with Gasteiger partial charge in [0.1, 0.15) is 11.9 Å². The lowest BCUT2D eigenvalue weighted by Crippen LogP contribution is -2.45. The number of piperidine rings is 1. The number of imide groups is 1. The van der Waals surface area contributed by atoms with Gasteiger partial charge in [-0.2, -0.15) is 13.2 Å². The van der Waals surface area contributed by atoms with Crippen molar-refractivity contribution in [3.05, 3.63) is 75.3 Å². The summed E-state index contributed by atoms with van der Waals surface area (Å²) < 4.78 is 39.9. The Hall–Kier alpha value is -4.02. The first kappa shape index (κ1) is 23.1. The lowest BCUT2D eigenvalue weighted by Gasteiger charge is -2.24. The number of hydrogen-bond donors (Lipinski definition) is 2. The van der Waals surface area contributed by atoms with Gasteiger partial charge in [-0.05, 0) is 49.2 Å². The molecule has 0 radical (unpaired) electrons. The molecule has 1 fully saturated rings. The number of halogens is 3. The summed E-state index contributed by atoms with van der Waals surface area (Å²) in [5.41, 5.74) is -0.637. The van der Waals surface area contributed by atoms with Crippen molar-refractivity contribution in [2.45, 2.75) is 38.5 Å². The van der Waals surface area contributed by atoms with Crippen LogP contribution in [0.4, 0.5) is 13.2 Å². The molecule has 0 saturated carbocycles. The second kappa shape index (κ2) is 8.73. The van der Waals surface area contributed by atoms with Crippen LogP contribution in [0.2, 0.25) is 0 Å². The van der Waals surface area contributed by atoms with E-state index < -0.39 is 41.1 Å². The maximum Gasteiger partial charge on any atom is 0.416 e. The molecular weight excluding hydrogens is 453 g/mol. The third-order valence-corrected chi connectivity index (χ3v) is 5.57. The third-order valence-electron chi connectivity index (χ3n) is 5.57. The maximum atomic E-state index is 13.2. The van der Waals surface area contributed by atoms with Gasteiger partial charge in [-0.25, -0.2) is 4.98 Å². The minimum atomic E-state index is -4.57. The average molecular weight is 472 g/mol. The third kappa shape index (κ3) is 4.54. The van der Waals surface area contributed by atoms with Crippen molar-refractivity contribution in [1.29, 1.82) is 0 Å². The summed E-state index contributed by atoms with van der Waals surface area (Å²) in [7, 11) is 0. The van der Waals surface area contributed by atoms with Crippen LogP contribution in [-0.2, 0) is 22.3 Å². The predicted molar refractivity (Wildman–Crippen MR) is 115 cm³/mol. The fourth-order valence-electron chi connectivity index (χ4n) is 3.88. The van der Waals surface area contributed by atoms with Gasteiger partial charge in [0.2, 0.25) is 11.8 Å². The number of aromatic nitrogens is 2. The van der Waals surface area contributed by atoms with E-state index in [1.54, 1.807) is 19.1 Å². The van der Waals surface area contributed by atoms with E-state index in [1.165, 1.54) is 16.7 Å². The van der Waals surface area contributed by atoms with E-state index in [0.29, 0.717) is 16.9 Å².